The molecular weight excluding hydrogens is 180 g/mol. The summed E-state index contributed by atoms with van der Waals surface area (Å²) in [5.41, 5.74) is 3.84. The van der Waals surface area contributed by atoms with E-state index in [1.807, 2.05) is 27.7 Å². The molecule has 15 heavy (non-hydrogen) atoms. The predicted octanol–water partition coefficient (Wildman–Crippen LogP) is 5.47. The average Bonchev–Trinajstić information content (AvgIpc) is 2.34. The Hall–Kier alpha value is -1.04. The second kappa shape index (κ2) is 11.0. The van der Waals surface area contributed by atoms with Crippen LogP contribution in [0.25, 0.3) is 5.57 Å². The summed E-state index contributed by atoms with van der Waals surface area (Å²) in [6.07, 6.45) is 1.03. The SMILES string of the molecule is C=C(CC)c1ccccc1C.CC.CC. The van der Waals surface area contributed by atoms with Gasteiger partial charge >= 0.3 is 0 Å². The van der Waals surface area contributed by atoms with Crippen LogP contribution in [0.15, 0.2) is 30.8 Å². The van der Waals surface area contributed by atoms with Gasteiger partial charge in [0, 0.05) is 0 Å². The van der Waals surface area contributed by atoms with E-state index < -0.39 is 0 Å². The Kier molecular flexibility index (Phi) is 12.1. The highest BCUT2D eigenvalue weighted by atomic mass is 14.0. The summed E-state index contributed by atoms with van der Waals surface area (Å²) in [5, 5.41) is 0. The summed E-state index contributed by atoms with van der Waals surface area (Å²) in [6, 6.07) is 8.36. The molecule has 1 aromatic carbocycles. The third-order valence-electron chi connectivity index (χ3n) is 1.95. The lowest BCUT2D eigenvalue weighted by molar-refractivity contribution is 1.23. The van der Waals surface area contributed by atoms with Crippen molar-refractivity contribution in [3.63, 3.8) is 0 Å². The van der Waals surface area contributed by atoms with Gasteiger partial charge in [-0.25, -0.2) is 0 Å². The van der Waals surface area contributed by atoms with E-state index in [0.29, 0.717) is 0 Å². The molecule has 0 aliphatic heterocycles. The Bertz CT molecular complexity index is 258. The van der Waals surface area contributed by atoms with Crippen molar-refractivity contribution in [3.05, 3.63) is 42.0 Å². The topological polar surface area (TPSA) is 0 Å². The van der Waals surface area contributed by atoms with Crippen molar-refractivity contribution in [2.45, 2.75) is 48.0 Å². The van der Waals surface area contributed by atoms with E-state index in [1.54, 1.807) is 0 Å². The maximum absolute atomic E-state index is 4.00. The Morgan fingerprint density at radius 1 is 1.07 bits per heavy atom. The Balaban J connectivity index is 0. The van der Waals surface area contributed by atoms with Gasteiger partial charge in [0.15, 0.2) is 0 Å². The predicted molar refractivity (Wildman–Crippen MR) is 73.2 cm³/mol. The zero-order valence-electron chi connectivity index (χ0n) is 11.2. The molecule has 0 saturated heterocycles. The molecule has 0 unspecified atom stereocenters. The summed E-state index contributed by atoms with van der Waals surface area (Å²) in [4.78, 5) is 0. The summed E-state index contributed by atoms with van der Waals surface area (Å²) < 4.78 is 0. The molecule has 0 nitrogen and oxygen atoms in total. The van der Waals surface area contributed by atoms with Crippen LogP contribution in [0.2, 0.25) is 0 Å². The minimum Gasteiger partial charge on any atom is -0.0952 e. The highest BCUT2D eigenvalue weighted by molar-refractivity contribution is 5.65. The van der Waals surface area contributed by atoms with E-state index in [0.717, 1.165) is 6.42 Å². The lowest BCUT2D eigenvalue weighted by atomic mass is 10.0. The van der Waals surface area contributed by atoms with Crippen molar-refractivity contribution in [2.75, 3.05) is 0 Å². The Morgan fingerprint density at radius 3 is 1.93 bits per heavy atom. The lowest BCUT2D eigenvalue weighted by Crippen LogP contribution is -1.84. The van der Waals surface area contributed by atoms with Crippen molar-refractivity contribution in [2.24, 2.45) is 0 Å². The Morgan fingerprint density at radius 2 is 1.53 bits per heavy atom. The average molecular weight is 206 g/mol. The highest BCUT2D eigenvalue weighted by Crippen LogP contribution is 2.18. The summed E-state index contributed by atoms with van der Waals surface area (Å²) in [6.45, 7) is 16.3. The normalized spacial score (nSPS) is 7.87. The van der Waals surface area contributed by atoms with Gasteiger partial charge in [0.05, 0.1) is 0 Å². The number of aryl methyl sites for hydroxylation is 1. The molecule has 0 bridgehead atoms. The number of allylic oxidation sites excluding steroid dienone is 1. The molecule has 1 rings (SSSR count). The summed E-state index contributed by atoms with van der Waals surface area (Å²) in [7, 11) is 0. The second-order valence-electron chi connectivity index (χ2n) is 2.77. The molecule has 0 spiro atoms. The molecule has 0 amide bonds. The maximum atomic E-state index is 4.00. The fourth-order valence-electron chi connectivity index (χ4n) is 1.16. The first-order valence-electron chi connectivity index (χ1n) is 5.99. The molecule has 0 aliphatic rings. The van der Waals surface area contributed by atoms with Gasteiger partial charge < -0.3 is 0 Å². The first-order chi connectivity index (χ1) is 7.25. The number of hydrogen-bond donors (Lipinski definition) is 0. The van der Waals surface area contributed by atoms with Crippen molar-refractivity contribution in [1.82, 2.24) is 0 Å². The lowest BCUT2D eigenvalue weighted by Gasteiger charge is -2.05. The van der Waals surface area contributed by atoms with Crippen molar-refractivity contribution in [3.8, 4) is 0 Å². The molecule has 0 fully saturated rings. The van der Waals surface area contributed by atoms with Gasteiger partial charge in [-0.15, -0.1) is 0 Å². The van der Waals surface area contributed by atoms with Gasteiger partial charge in [-0.2, -0.15) is 0 Å². The van der Waals surface area contributed by atoms with Gasteiger partial charge in [-0.1, -0.05) is 65.5 Å². The third-order valence-corrected chi connectivity index (χ3v) is 1.95. The molecular formula is C15H26. The molecule has 0 heteroatoms. The summed E-state index contributed by atoms with van der Waals surface area (Å²) in [5.74, 6) is 0. The Labute approximate surface area is 96.0 Å². The molecule has 0 N–H and O–H groups in total. The molecule has 86 valence electrons. The molecule has 0 aliphatic carbocycles. The van der Waals surface area contributed by atoms with Gasteiger partial charge in [0.2, 0.25) is 0 Å². The van der Waals surface area contributed by atoms with E-state index in [2.05, 4.69) is 44.7 Å². The standard InChI is InChI=1S/C11H14.2C2H6/c1-4-9(2)11-8-6-5-7-10(11)3;2*1-2/h5-8H,2,4H2,1,3H3;2*1-2H3. The van der Waals surface area contributed by atoms with E-state index >= 15 is 0 Å². The minimum atomic E-state index is 1.03. The van der Waals surface area contributed by atoms with Crippen LogP contribution in [-0.2, 0) is 0 Å². The summed E-state index contributed by atoms with van der Waals surface area (Å²) >= 11 is 0. The van der Waals surface area contributed by atoms with Crippen molar-refractivity contribution >= 4 is 5.57 Å². The van der Waals surface area contributed by atoms with E-state index in [4.69, 9.17) is 0 Å². The molecule has 0 aromatic heterocycles. The zero-order chi connectivity index (χ0) is 12.3. The molecule has 0 radical (unpaired) electrons. The van der Waals surface area contributed by atoms with Crippen molar-refractivity contribution in [1.29, 1.82) is 0 Å². The largest absolute Gasteiger partial charge is 0.0952 e. The van der Waals surface area contributed by atoms with E-state index in [-0.39, 0.29) is 0 Å². The number of hydrogen-bond acceptors (Lipinski definition) is 0. The van der Waals surface area contributed by atoms with Crippen molar-refractivity contribution < 1.29 is 0 Å². The van der Waals surface area contributed by atoms with E-state index in [9.17, 15) is 0 Å². The molecule has 0 atom stereocenters. The van der Waals surface area contributed by atoms with E-state index in [1.165, 1.54) is 16.7 Å². The minimum absolute atomic E-state index is 1.03. The smallest absolute Gasteiger partial charge is 0.0201 e. The van der Waals surface area contributed by atoms with Crippen LogP contribution in [0.5, 0.6) is 0 Å². The van der Waals surface area contributed by atoms with Gasteiger partial charge in [-0.05, 0) is 30.0 Å². The van der Waals surface area contributed by atoms with Crippen LogP contribution in [0.1, 0.15) is 52.2 Å². The van der Waals surface area contributed by atoms with Gasteiger partial charge in [0.25, 0.3) is 0 Å². The molecule has 1 aromatic rings. The van der Waals surface area contributed by atoms with Crippen LogP contribution < -0.4 is 0 Å². The van der Waals surface area contributed by atoms with Gasteiger partial charge in [0.1, 0.15) is 0 Å². The van der Waals surface area contributed by atoms with Crippen LogP contribution >= 0.6 is 0 Å². The quantitative estimate of drug-likeness (QED) is 0.602. The first kappa shape index (κ1) is 16.4. The van der Waals surface area contributed by atoms with Crippen LogP contribution in [-0.4, -0.2) is 0 Å². The highest BCUT2D eigenvalue weighted by Gasteiger charge is 1.97. The second-order valence-corrected chi connectivity index (χ2v) is 2.77. The number of rotatable bonds is 2. The fraction of sp³-hybridized carbons (Fsp3) is 0.467. The van der Waals surface area contributed by atoms with Crippen LogP contribution in [0.4, 0.5) is 0 Å². The van der Waals surface area contributed by atoms with Gasteiger partial charge in [-0.3, -0.25) is 0 Å². The molecule has 0 heterocycles. The fourth-order valence-corrected chi connectivity index (χ4v) is 1.16. The van der Waals surface area contributed by atoms with Crippen LogP contribution in [0.3, 0.4) is 0 Å². The first-order valence-corrected chi connectivity index (χ1v) is 5.99. The monoisotopic (exact) mass is 206 g/mol. The van der Waals surface area contributed by atoms with Crippen LogP contribution in [0, 0.1) is 6.92 Å². The maximum Gasteiger partial charge on any atom is -0.0201 e. The number of benzene rings is 1. The zero-order valence-corrected chi connectivity index (χ0v) is 11.2. The molecule has 0 saturated carbocycles. The third kappa shape index (κ3) is 6.11.